The number of amides is 4. The van der Waals surface area contributed by atoms with Gasteiger partial charge in [-0.25, -0.2) is 4.39 Å². The molecule has 4 fully saturated rings. The Balaban J connectivity index is 1.12. The van der Waals surface area contributed by atoms with E-state index >= 15 is 4.79 Å². The lowest BCUT2D eigenvalue weighted by molar-refractivity contribution is -0.144. The minimum atomic E-state index is -1.55. The van der Waals surface area contributed by atoms with Gasteiger partial charge in [-0.3, -0.25) is 34.4 Å². The van der Waals surface area contributed by atoms with Crippen molar-refractivity contribution in [1.82, 2.24) is 14.8 Å². The maximum Gasteiger partial charge on any atom is 0.260 e. The van der Waals surface area contributed by atoms with Crippen molar-refractivity contribution in [3.8, 4) is 11.5 Å². The number of carbonyl (C=O) groups excluding carboxylic acids is 4. The van der Waals surface area contributed by atoms with E-state index in [4.69, 9.17) is 16.3 Å². The molecule has 9 rings (SSSR count). The van der Waals surface area contributed by atoms with Crippen molar-refractivity contribution in [2.75, 3.05) is 25.6 Å². The third-order valence-electron chi connectivity index (χ3n) is 13.0. The minimum absolute atomic E-state index is 0.128. The number of aromatic hydroxyl groups is 1. The van der Waals surface area contributed by atoms with Gasteiger partial charge >= 0.3 is 0 Å². The molecule has 6 atom stereocenters. The molecule has 10 nitrogen and oxygen atoms in total. The first-order valence-electron chi connectivity index (χ1n) is 19.5. The number of carbonyl (C=O) groups is 4. The van der Waals surface area contributed by atoms with E-state index in [1.54, 1.807) is 42.5 Å². The summed E-state index contributed by atoms with van der Waals surface area (Å²) in [5.74, 6) is -5.54. The maximum absolute atomic E-state index is 15.3. The largest absolute Gasteiger partial charge is 0.504 e. The number of phenols is 1. The van der Waals surface area contributed by atoms with Crippen LogP contribution in [0.1, 0.15) is 48.3 Å². The fraction of sp³-hybridized carbons (Fsp3) is 0.333. The first kappa shape index (κ1) is 37.1. The SMILES string of the molecule is COc1ccc(C2C3=CCC4C(=O)N(C5CCN(Cc6ccccc6)CC5)C(=O)C4C3CC3C(=O)N(Nc4ccc(F)cc4)C(=O)C32c2ccc(Cl)cc2)cc1O. The molecule has 2 aliphatic carbocycles. The number of piperidine rings is 1. The molecule has 4 aromatic rings. The summed E-state index contributed by atoms with van der Waals surface area (Å²) in [4.78, 5) is 63.2. The molecule has 0 spiro atoms. The highest BCUT2D eigenvalue weighted by Gasteiger charge is 2.70. The number of hydrogen-bond donors (Lipinski definition) is 2. The van der Waals surface area contributed by atoms with Crippen molar-refractivity contribution in [1.29, 1.82) is 0 Å². The molecule has 0 aromatic heterocycles. The van der Waals surface area contributed by atoms with Crippen molar-refractivity contribution in [3.05, 3.63) is 136 Å². The summed E-state index contributed by atoms with van der Waals surface area (Å²) in [6.45, 7) is 2.30. The number of imide groups is 2. The van der Waals surface area contributed by atoms with Gasteiger partial charge in [-0.2, -0.15) is 5.01 Å². The summed E-state index contributed by atoms with van der Waals surface area (Å²) in [5.41, 5.74) is 4.82. The van der Waals surface area contributed by atoms with Crippen LogP contribution in [0.3, 0.4) is 0 Å². The molecule has 0 bridgehead atoms. The van der Waals surface area contributed by atoms with Crippen molar-refractivity contribution in [3.63, 3.8) is 0 Å². The highest BCUT2D eigenvalue weighted by molar-refractivity contribution is 6.30. The molecule has 3 saturated heterocycles. The molecule has 3 aliphatic heterocycles. The van der Waals surface area contributed by atoms with E-state index in [9.17, 15) is 23.9 Å². The number of nitrogens with zero attached hydrogens (tertiary/aromatic N) is 3. The number of nitrogens with one attached hydrogen (secondary N) is 1. The Kier molecular flexibility index (Phi) is 9.40. The van der Waals surface area contributed by atoms with Gasteiger partial charge < -0.3 is 9.84 Å². The van der Waals surface area contributed by atoms with Gasteiger partial charge in [0.1, 0.15) is 5.82 Å². The highest BCUT2D eigenvalue weighted by atomic mass is 35.5. The van der Waals surface area contributed by atoms with Crippen LogP contribution >= 0.6 is 11.6 Å². The second kappa shape index (κ2) is 14.5. The number of rotatable bonds is 8. The van der Waals surface area contributed by atoms with E-state index in [2.05, 4.69) is 22.5 Å². The maximum atomic E-state index is 15.3. The lowest BCUT2D eigenvalue weighted by Crippen LogP contribution is -2.53. The Labute approximate surface area is 334 Å². The summed E-state index contributed by atoms with van der Waals surface area (Å²) in [6.07, 6.45) is 3.76. The summed E-state index contributed by atoms with van der Waals surface area (Å²) in [7, 11) is 1.44. The molecule has 3 heterocycles. The average Bonchev–Trinajstić information content (AvgIpc) is 3.60. The molecule has 292 valence electrons. The van der Waals surface area contributed by atoms with Crippen LogP contribution in [0.2, 0.25) is 5.02 Å². The Morgan fingerprint density at radius 3 is 2.28 bits per heavy atom. The molecule has 57 heavy (non-hydrogen) atoms. The number of fused-ring (bicyclic) bond motifs is 4. The van der Waals surface area contributed by atoms with Crippen LogP contribution in [0.4, 0.5) is 10.1 Å². The van der Waals surface area contributed by atoms with E-state index in [-0.39, 0.29) is 35.8 Å². The van der Waals surface area contributed by atoms with Gasteiger partial charge in [0, 0.05) is 36.6 Å². The standard InChI is InChI=1S/C45H42ClFN4O6/c1-57-38-18-7-27(23-37(38)52)40-33-16-17-34-39(43(55)50(41(34)53)32-19-21-49(22-20-32)25-26-5-3-2-4-6-26)35(33)24-36-42(54)51(48-31-14-12-30(47)13-15-31)44(56)45(36,40)28-8-10-29(46)11-9-28/h2-16,18,23,32,34-36,39-40,48,52H,17,19-22,24-25H2,1H3. The lowest BCUT2D eigenvalue weighted by Gasteiger charge is -2.50. The van der Waals surface area contributed by atoms with Gasteiger partial charge in [0.05, 0.1) is 36.0 Å². The molecular weight excluding hydrogens is 747 g/mol. The second-order valence-electron chi connectivity index (χ2n) is 15.8. The molecule has 2 N–H and O–H groups in total. The number of likely N-dealkylation sites (tertiary alicyclic amines) is 2. The first-order valence-corrected chi connectivity index (χ1v) is 19.8. The minimum Gasteiger partial charge on any atom is -0.504 e. The lowest BCUT2D eigenvalue weighted by atomic mass is 9.49. The van der Waals surface area contributed by atoms with Crippen molar-refractivity contribution in [2.45, 2.75) is 49.6 Å². The summed E-state index contributed by atoms with van der Waals surface area (Å²) in [6, 6.07) is 27.2. The van der Waals surface area contributed by atoms with Crippen LogP contribution in [-0.4, -0.2) is 69.8 Å². The Morgan fingerprint density at radius 1 is 0.877 bits per heavy atom. The van der Waals surface area contributed by atoms with Crippen LogP contribution < -0.4 is 10.2 Å². The predicted molar refractivity (Wildman–Crippen MR) is 210 cm³/mol. The second-order valence-corrected chi connectivity index (χ2v) is 16.3. The van der Waals surface area contributed by atoms with E-state index in [1.165, 1.54) is 41.8 Å². The number of allylic oxidation sites excluding steroid dienone is 2. The monoisotopic (exact) mass is 788 g/mol. The first-order chi connectivity index (χ1) is 27.6. The third-order valence-corrected chi connectivity index (χ3v) is 13.2. The summed E-state index contributed by atoms with van der Waals surface area (Å²) >= 11 is 6.40. The van der Waals surface area contributed by atoms with Crippen molar-refractivity contribution >= 4 is 40.9 Å². The quantitative estimate of drug-likeness (QED) is 0.147. The number of hydrazine groups is 1. The third kappa shape index (κ3) is 6.01. The highest BCUT2D eigenvalue weighted by Crippen LogP contribution is 2.64. The van der Waals surface area contributed by atoms with Gasteiger partial charge in [-0.05, 0) is 96.8 Å². The normalized spacial score (nSPS) is 27.6. The number of benzene rings is 4. The summed E-state index contributed by atoms with van der Waals surface area (Å²) in [5, 5.41) is 12.6. The van der Waals surface area contributed by atoms with Gasteiger partial charge in [0.25, 0.3) is 11.8 Å². The number of phenolic OH excluding ortho intramolecular Hbond substituents is 1. The molecule has 6 unspecified atom stereocenters. The zero-order valence-electron chi connectivity index (χ0n) is 31.3. The number of halogens is 2. The van der Waals surface area contributed by atoms with Gasteiger partial charge in [-0.15, -0.1) is 0 Å². The molecular formula is C45H42ClFN4O6. The molecule has 4 amide bonds. The van der Waals surface area contributed by atoms with Gasteiger partial charge in [0.2, 0.25) is 11.8 Å². The molecule has 0 radical (unpaired) electrons. The number of anilines is 1. The Bertz CT molecular complexity index is 2280. The smallest absolute Gasteiger partial charge is 0.260 e. The Morgan fingerprint density at radius 2 is 1.60 bits per heavy atom. The number of ether oxygens (including phenoxy) is 1. The van der Waals surface area contributed by atoms with E-state index < -0.39 is 52.6 Å². The van der Waals surface area contributed by atoms with Crippen LogP contribution in [0.25, 0.3) is 0 Å². The zero-order chi connectivity index (χ0) is 39.6. The van der Waals surface area contributed by atoms with Crippen LogP contribution in [0.15, 0.2) is 109 Å². The van der Waals surface area contributed by atoms with Crippen molar-refractivity contribution in [2.24, 2.45) is 23.7 Å². The summed E-state index contributed by atoms with van der Waals surface area (Å²) < 4.78 is 19.3. The van der Waals surface area contributed by atoms with E-state index in [1.807, 2.05) is 24.3 Å². The van der Waals surface area contributed by atoms with E-state index in [0.717, 1.165) is 30.2 Å². The molecule has 5 aliphatic rings. The van der Waals surface area contributed by atoms with Gasteiger partial charge in [0.15, 0.2) is 11.5 Å². The molecule has 4 aromatic carbocycles. The predicted octanol–water partition coefficient (Wildman–Crippen LogP) is 6.84. The van der Waals surface area contributed by atoms with Crippen LogP contribution in [-0.2, 0) is 31.1 Å². The van der Waals surface area contributed by atoms with Gasteiger partial charge in [-0.1, -0.05) is 71.8 Å². The van der Waals surface area contributed by atoms with Crippen LogP contribution in [0, 0.1) is 29.5 Å². The Hall–Kier alpha value is -5.52. The van der Waals surface area contributed by atoms with Crippen molar-refractivity contribution < 1.29 is 33.4 Å². The number of methoxy groups -OCH3 is 1. The molecule has 1 saturated carbocycles. The van der Waals surface area contributed by atoms with E-state index in [0.29, 0.717) is 41.1 Å². The topological polar surface area (TPSA) is 119 Å². The fourth-order valence-electron chi connectivity index (χ4n) is 10.5. The molecule has 12 heteroatoms. The number of hydrogen-bond acceptors (Lipinski definition) is 8. The van der Waals surface area contributed by atoms with Crippen LogP contribution in [0.5, 0.6) is 11.5 Å². The fourth-order valence-corrected chi connectivity index (χ4v) is 10.6. The average molecular weight is 789 g/mol. The zero-order valence-corrected chi connectivity index (χ0v) is 32.1.